The molecule has 0 saturated heterocycles. The number of nitrogens with two attached hydrogens (primary N) is 1. The van der Waals surface area contributed by atoms with Gasteiger partial charge in [-0.05, 0) is 24.6 Å². The van der Waals surface area contributed by atoms with Crippen LogP contribution >= 0.6 is 11.5 Å². The molecule has 0 aliphatic rings. The molecule has 2 rings (SSSR count). The summed E-state index contributed by atoms with van der Waals surface area (Å²) in [6.07, 6.45) is 0.657. The van der Waals surface area contributed by atoms with E-state index in [0.29, 0.717) is 18.2 Å². The molecule has 0 spiro atoms. The van der Waals surface area contributed by atoms with Gasteiger partial charge in [0.15, 0.2) is 0 Å². The van der Waals surface area contributed by atoms with Crippen LogP contribution in [0.4, 0.5) is 5.13 Å². The normalized spacial score (nSPS) is 13.0. The van der Waals surface area contributed by atoms with Gasteiger partial charge >= 0.3 is 0 Å². The lowest BCUT2D eigenvalue weighted by molar-refractivity contribution is 0.201. The Balaban J connectivity index is 2.09. The van der Waals surface area contributed by atoms with Crippen molar-refractivity contribution in [1.82, 2.24) is 9.36 Å². The van der Waals surface area contributed by atoms with Gasteiger partial charge < -0.3 is 10.1 Å². The number of nitrogens with zero attached hydrogens (tertiary/aromatic N) is 2. The van der Waals surface area contributed by atoms with E-state index in [1.807, 2.05) is 13.0 Å². The molecule has 1 unspecified atom stereocenters. The van der Waals surface area contributed by atoms with Crippen molar-refractivity contribution in [3.05, 3.63) is 35.7 Å². The van der Waals surface area contributed by atoms with Gasteiger partial charge in [0, 0.05) is 25.1 Å². The van der Waals surface area contributed by atoms with Crippen LogP contribution in [0.3, 0.4) is 0 Å². The van der Waals surface area contributed by atoms with E-state index in [9.17, 15) is 8.42 Å². The fourth-order valence-corrected chi connectivity index (χ4v) is 3.11. The lowest BCUT2D eigenvalue weighted by Gasteiger charge is -2.13. The topological polar surface area (TPSA) is 107 Å². The number of methoxy groups -OCH3 is 1. The van der Waals surface area contributed by atoms with E-state index in [0.717, 1.165) is 11.4 Å². The maximum atomic E-state index is 11.4. The molecular weight excluding hydrogens is 324 g/mol. The van der Waals surface area contributed by atoms with Crippen LogP contribution in [0.5, 0.6) is 0 Å². The highest BCUT2D eigenvalue weighted by molar-refractivity contribution is 7.89. The molecule has 0 bridgehead atoms. The number of sulfonamides is 1. The summed E-state index contributed by atoms with van der Waals surface area (Å²) in [6, 6.07) is 6.40. The molecule has 1 heterocycles. The molecule has 0 radical (unpaired) electrons. The number of aromatic nitrogens is 2. The highest BCUT2D eigenvalue weighted by atomic mass is 32.2. The van der Waals surface area contributed by atoms with Crippen molar-refractivity contribution in [2.45, 2.75) is 24.3 Å². The van der Waals surface area contributed by atoms with Crippen molar-refractivity contribution in [3.63, 3.8) is 0 Å². The zero-order valence-corrected chi connectivity index (χ0v) is 13.9. The standard InChI is InChI=1S/C13H18N4O3S2/c1-9(10-4-3-5-11(8-10)22(14,18)19)15-13-16-12(17-21-13)6-7-20-2/h3-5,8-9H,6-7H2,1-2H3,(H2,14,18,19)(H,15,16,17). The third-order valence-electron chi connectivity index (χ3n) is 3.02. The summed E-state index contributed by atoms with van der Waals surface area (Å²) in [6.45, 7) is 2.49. The van der Waals surface area contributed by atoms with Gasteiger partial charge in [-0.15, -0.1) is 0 Å². The highest BCUT2D eigenvalue weighted by Gasteiger charge is 2.13. The van der Waals surface area contributed by atoms with Gasteiger partial charge in [0.25, 0.3) is 0 Å². The van der Waals surface area contributed by atoms with Gasteiger partial charge in [0.2, 0.25) is 15.2 Å². The lowest BCUT2D eigenvalue weighted by Crippen LogP contribution is -2.13. The smallest absolute Gasteiger partial charge is 0.238 e. The number of anilines is 1. The molecule has 0 fully saturated rings. The largest absolute Gasteiger partial charge is 0.384 e. The second kappa shape index (κ2) is 7.14. The first-order valence-electron chi connectivity index (χ1n) is 6.61. The Bertz CT molecular complexity index is 730. The summed E-state index contributed by atoms with van der Waals surface area (Å²) in [4.78, 5) is 4.45. The first kappa shape index (κ1) is 16.8. The Morgan fingerprint density at radius 2 is 2.23 bits per heavy atom. The lowest BCUT2D eigenvalue weighted by atomic mass is 10.1. The number of primary sulfonamides is 1. The van der Waals surface area contributed by atoms with Gasteiger partial charge in [-0.1, -0.05) is 12.1 Å². The van der Waals surface area contributed by atoms with Crippen molar-refractivity contribution in [2.24, 2.45) is 5.14 Å². The van der Waals surface area contributed by atoms with Crippen LogP contribution in [0.2, 0.25) is 0 Å². The fourth-order valence-electron chi connectivity index (χ4n) is 1.84. The molecule has 1 atom stereocenters. The summed E-state index contributed by atoms with van der Waals surface area (Å²) < 4.78 is 32.0. The van der Waals surface area contributed by atoms with Gasteiger partial charge in [0.1, 0.15) is 5.82 Å². The minimum atomic E-state index is -3.70. The zero-order chi connectivity index (χ0) is 16.2. The van der Waals surface area contributed by atoms with Crippen LogP contribution in [0.25, 0.3) is 0 Å². The molecule has 0 saturated carbocycles. The molecule has 0 aliphatic heterocycles. The Morgan fingerprint density at radius 3 is 2.91 bits per heavy atom. The van der Waals surface area contributed by atoms with E-state index in [2.05, 4.69) is 14.7 Å². The van der Waals surface area contributed by atoms with Crippen LogP contribution in [0.1, 0.15) is 24.4 Å². The molecule has 0 amide bonds. The first-order valence-corrected chi connectivity index (χ1v) is 8.93. The molecule has 120 valence electrons. The molecule has 1 aromatic carbocycles. The maximum absolute atomic E-state index is 11.4. The number of rotatable bonds is 7. The first-order chi connectivity index (χ1) is 10.4. The van der Waals surface area contributed by atoms with Gasteiger partial charge in [0.05, 0.1) is 17.5 Å². The SMILES string of the molecule is COCCc1nsc(NC(C)c2cccc(S(N)(=O)=O)c2)n1. The van der Waals surface area contributed by atoms with Gasteiger partial charge in [-0.25, -0.2) is 18.5 Å². The fraction of sp³-hybridized carbons (Fsp3) is 0.385. The number of hydrogen-bond donors (Lipinski definition) is 2. The Labute approximate surface area is 133 Å². The maximum Gasteiger partial charge on any atom is 0.238 e. The van der Waals surface area contributed by atoms with Gasteiger partial charge in [-0.2, -0.15) is 4.37 Å². The Morgan fingerprint density at radius 1 is 1.45 bits per heavy atom. The quantitative estimate of drug-likeness (QED) is 0.790. The summed E-state index contributed by atoms with van der Waals surface area (Å²) in [5, 5.41) is 9.03. The number of benzene rings is 1. The highest BCUT2D eigenvalue weighted by Crippen LogP contribution is 2.22. The van der Waals surface area contributed by atoms with Crippen LogP contribution in [-0.2, 0) is 21.2 Å². The summed E-state index contributed by atoms with van der Waals surface area (Å²) in [7, 11) is -2.07. The number of ether oxygens (including phenoxy) is 1. The summed E-state index contributed by atoms with van der Waals surface area (Å²) in [5.41, 5.74) is 0.806. The van der Waals surface area contributed by atoms with Crippen molar-refractivity contribution < 1.29 is 13.2 Å². The van der Waals surface area contributed by atoms with Crippen molar-refractivity contribution in [2.75, 3.05) is 19.0 Å². The molecular formula is C13H18N4O3S2. The molecule has 3 N–H and O–H groups in total. The predicted molar refractivity (Wildman–Crippen MR) is 85.3 cm³/mol. The van der Waals surface area contributed by atoms with Crippen LogP contribution < -0.4 is 10.5 Å². The van der Waals surface area contributed by atoms with Crippen molar-refractivity contribution >= 4 is 26.7 Å². The Hall–Kier alpha value is -1.55. The molecule has 7 nitrogen and oxygen atoms in total. The Kier molecular flexibility index (Phi) is 5.46. The van der Waals surface area contributed by atoms with Crippen molar-refractivity contribution in [1.29, 1.82) is 0 Å². The van der Waals surface area contributed by atoms with Crippen LogP contribution in [0, 0.1) is 0 Å². The van der Waals surface area contributed by atoms with E-state index < -0.39 is 10.0 Å². The molecule has 22 heavy (non-hydrogen) atoms. The molecule has 1 aromatic heterocycles. The van der Waals surface area contributed by atoms with E-state index >= 15 is 0 Å². The van der Waals surface area contributed by atoms with Crippen molar-refractivity contribution in [3.8, 4) is 0 Å². The second-order valence-corrected chi connectivity index (χ2v) is 7.06. The van der Waals surface area contributed by atoms with E-state index in [1.54, 1.807) is 19.2 Å². The number of nitrogens with one attached hydrogen (secondary N) is 1. The molecule has 9 heteroatoms. The third kappa shape index (κ3) is 4.47. The van der Waals surface area contributed by atoms with Crippen LogP contribution in [-0.4, -0.2) is 31.5 Å². The zero-order valence-electron chi connectivity index (χ0n) is 12.3. The molecule has 0 aliphatic carbocycles. The van der Waals surface area contributed by atoms with E-state index in [4.69, 9.17) is 9.88 Å². The minimum Gasteiger partial charge on any atom is -0.384 e. The minimum absolute atomic E-state index is 0.0942. The monoisotopic (exact) mass is 342 g/mol. The average Bonchev–Trinajstić information content (AvgIpc) is 2.92. The van der Waals surface area contributed by atoms with E-state index in [-0.39, 0.29) is 10.9 Å². The second-order valence-electron chi connectivity index (χ2n) is 4.74. The third-order valence-corrected chi connectivity index (χ3v) is 4.62. The van der Waals surface area contributed by atoms with Gasteiger partial charge in [-0.3, -0.25) is 0 Å². The molecule has 2 aromatic rings. The summed E-state index contributed by atoms with van der Waals surface area (Å²) in [5.74, 6) is 0.722. The van der Waals surface area contributed by atoms with Crippen LogP contribution in [0.15, 0.2) is 29.2 Å². The average molecular weight is 342 g/mol. The summed E-state index contributed by atoms with van der Waals surface area (Å²) >= 11 is 1.26. The number of hydrogen-bond acceptors (Lipinski definition) is 7. The van der Waals surface area contributed by atoms with E-state index in [1.165, 1.54) is 17.6 Å². The predicted octanol–water partition coefficient (Wildman–Crippen LogP) is 1.55.